The Balaban J connectivity index is 0.00000128. The lowest BCUT2D eigenvalue weighted by molar-refractivity contribution is 0.275. The summed E-state index contributed by atoms with van der Waals surface area (Å²) < 4.78 is 5.86. The number of hydrogen-bond acceptors (Lipinski definition) is 2. The van der Waals surface area contributed by atoms with Crippen LogP contribution in [0.2, 0.25) is 0 Å². The lowest BCUT2D eigenvalue weighted by Crippen LogP contribution is -2.30. The normalized spacial score (nSPS) is 16.4. The van der Waals surface area contributed by atoms with Crippen LogP contribution in [-0.4, -0.2) is 12.1 Å². The third kappa shape index (κ3) is 2.89. The van der Waals surface area contributed by atoms with Gasteiger partial charge in [0.2, 0.25) is 0 Å². The molecule has 1 aromatic rings. The number of para-hydroxylation sites is 1. The fraction of sp³-hybridized carbons (Fsp3) is 0.538. The quantitative estimate of drug-likeness (QED) is 0.880. The average molecular weight is 242 g/mol. The lowest BCUT2D eigenvalue weighted by Gasteiger charge is -2.16. The third-order valence-electron chi connectivity index (χ3n) is 3.07. The van der Waals surface area contributed by atoms with Gasteiger partial charge in [0.1, 0.15) is 12.4 Å². The maximum absolute atomic E-state index is 6.01. The van der Waals surface area contributed by atoms with Crippen molar-refractivity contribution in [3.05, 3.63) is 29.3 Å². The van der Waals surface area contributed by atoms with Crippen molar-refractivity contribution in [3.63, 3.8) is 0 Å². The van der Waals surface area contributed by atoms with Gasteiger partial charge in [-0.2, -0.15) is 0 Å². The van der Waals surface area contributed by atoms with E-state index in [0.717, 1.165) is 25.0 Å². The van der Waals surface area contributed by atoms with Crippen LogP contribution in [0.25, 0.3) is 0 Å². The van der Waals surface area contributed by atoms with Crippen LogP contribution in [-0.2, 0) is 6.42 Å². The second-order valence-electron chi connectivity index (χ2n) is 4.57. The molecule has 1 saturated carbocycles. The molecule has 0 unspecified atom stereocenters. The molecular weight excluding hydrogens is 222 g/mol. The summed E-state index contributed by atoms with van der Waals surface area (Å²) in [6.45, 7) is 4.90. The van der Waals surface area contributed by atoms with Gasteiger partial charge >= 0.3 is 0 Å². The molecule has 0 bridgehead atoms. The zero-order chi connectivity index (χ0) is 10.9. The first-order valence-electron chi connectivity index (χ1n) is 5.65. The number of benzene rings is 1. The summed E-state index contributed by atoms with van der Waals surface area (Å²) >= 11 is 0. The van der Waals surface area contributed by atoms with Gasteiger partial charge in [-0.1, -0.05) is 25.1 Å². The van der Waals surface area contributed by atoms with Crippen molar-refractivity contribution >= 4 is 12.4 Å². The molecule has 0 saturated heterocycles. The number of halogens is 1. The van der Waals surface area contributed by atoms with E-state index in [-0.39, 0.29) is 17.9 Å². The molecule has 0 aromatic heterocycles. The molecule has 1 aliphatic rings. The van der Waals surface area contributed by atoms with Crippen LogP contribution in [0.15, 0.2) is 18.2 Å². The Morgan fingerprint density at radius 1 is 1.38 bits per heavy atom. The fourth-order valence-electron chi connectivity index (χ4n) is 1.72. The maximum Gasteiger partial charge on any atom is 0.125 e. The van der Waals surface area contributed by atoms with E-state index in [1.54, 1.807) is 0 Å². The van der Waals surface area contributed by atoms with Gasteiger partial charge < -0.3 is 10.5 Å². The van der Waals surface area contributed by atoms with Gasteiger partial charge in [0.15, 0.2) is 0 Å². The molecule has 2 rings (SSSR count). The molecular formula is C13H20ClNO. The molecule has 1 aromatic carbocycles. The Kier molecular flexibility index (Phi) is 4.22. The summed E-state index contributed by atoms with van der Waals surface area (Å²) in [7, 11) is 0. The van der Waals surface area contributed by atoms with E-state index < -0.39 is 0 Å². The van der Waals surface area contributed by atoms with Crippen molar-refractivity contribution in [3.8, 4) is 5.75 Å². The number of hydrogen-bond donors (Lipinski definition) is 1. The van der Waals surface area contributed by atoms with Crippen molar-refractivity contribution in [2.75, 3.05) is 6.61 Å². The fourth-order valence-corrected chi connectivity index (χ4v) is 1.72. The van der Waals surface area contributed by atoms with Crippen LogP contribution >= 0.6 is 12.4 Å². The van der Waals surface area contributed by atoms with Crippen LogP contribution in [0.3, 0.4) is 0 Å². The van der Waals surface area contributed by atoms with Crippen molar-refractivity contribution in [2.45, 2.75) is 38.6 Å². The molecule has 1 fully saturated rings. The smallest absolute Gasteiger partial charge is 0.125 e. The van der Waals surface area contributed by atoms with E-state index >= 15 is 0 Å². The van der Waals surface area contributed by atoms with E-state index in [1.807, 2.05) is 0 Å². The summed E-state index contributed by atoms with van der Waals surface area (Å²) in [6.07, 6.45) is 3.20. The first-order chi connectivity index (χ1) is 7.14. The minimum absolute atomic E-state index is 0. The molecule has 0 amide bonds. The Labute approximate surface area is 104 Å². The van der Waals surface area contributed by atoms with Crippen LogP contribution in [0.1, 0.15) is 30.9 Å². The monoisotopic (exact) mass is 241 g/mol. The zero-order valence-electron chi connectivity index (χ0n) is 9.95. The van der Waals surface area contributed by atoms with Crippen LogP contribution in [0.4, 0.5) is 0 Å². The summed E-state index contributed by atoms with van der Waals surface area (Å²) in [4.78, 5) is 0. The Morgan fingerprint density at radius 3 is 2.62 bits per heavy atom. The number of rotatable bonds is 4. The van der Waals surface area contributed by atoms with Gasteiger partial charge in [-0.3, -0.25) is 0 Å². The van der Waals surface area contributed by atoms with Crippen molar-refractivity contribution in [1.29, 1.82) is 0 Å². The first kappa shape index (κ1) is 13.3. The number of nitrogens with two attached hydrogens (primary N) is 1. The summed E-state index contributed by atoms with van der Waals surface area (Å²) in [5.74, 6) is 1.04. The van der Waals surface area contributed by atoms with Crippen LogP contribution in [0, 0.1) is 6.92 Å². The van der Waals surface area contributed by atoms with Crippen molar-refractivity contribution < 1.29 is 4.74 Å². The first-order valence-corrected chi connectivity index (χ1v) is 5.65. The van der Waals surface area contributed by atoms with Gasteiger partial charge in [-0.05, 0) is 37.3 Å². The van der Waals surface area contributed by atoms with Crippen LogP contribution < -0.4 is 10.5 Å². The van der Waals surface area contributed by atoms with E-state index in [9.17, 15) is 0 Å². The molecule has 16 heavy (non-hydrogen) atoms. The summed E-state index contributed by atoms with van der Waals surface area (Å²) in [5.41, 5.74) is 8.46. The largest absolute Gasteiger partial charge is 0.491 e. The highest BCUT2D eigenvalue weighted by atomic mass is 35.5. The molecule has 0 spiro atoms. The standard InChI is InChI=1S/C13H19NO.ClH/c1-3-11-6-4-5-10(2)12(11)15-9-13(14)7-8-13;/h4-6H,3,7-9,14H2,1-2H3;1H. The van der Waals surface area contributed by atoms with E-state index in [4.69, 9.17) is 10.5 Å². The minimum atomic E-state index is -0.0344. The van der Waals surface area contributed by atoms with Crippen LogP contribution in [0.5, 0.6) is 5.75 Å². The SMILES string of the molecule is CCc1cccc(C)c1OCC1(N)CC1.Cl. The van der Waals surface area contributed by atoms with Gasteiger partial charge in [-0.25, -0.2) is 0 Å². The maximum atomic E-state index is 6.01. The molecule has 1 aliphatic carbocycles. The zero-order valence-corrected chi connectivity index (χ0v) is 10.8. The average Bonchev–Trinajstić information content (AvgIpc) is 2.95. The Hall–Kier alpha value is -0.730. The van der Waals surface area contributed by atoms with Crippen molar-refractivity contribution in [2.24, 2.45) is 5.73 Å². The highest BCUT2D eigenvalue weighted by molar-refractivity contribution is 5.85. The second kappa shape index (κ2) is 5.07. The molecule has 3 heteroatoms. The van der Waals surface area contributed by atoms with Gasteiger partial charge in [0.05, 0.1) is 5.54 Å². The predicted molar refractivity (Wildman–Crippen MR) is 69.5 cm³/mol. The molecule has 0 aliphatic heterocycles. The van der Waals surface area contributed by atoms with Gasteiger partial charge in [-0.15, -0.1) is 12.4 Å². The van der Waals surface area contributed by atoms with Gasteiger partial charge in [0, 0.05) is 0 Å². The molecule has 2 N–H and O–H groups in total. The molecule has 0 radical (unpaired) electrons. The summed E-state index contributed by atoms with van der Waals surface area (Å²) in [6, 6.07) is 6.29. The molecule has 0 heterocycles. The highest BCUT2D eigenvalue weighted by Crippen LogP contribution is 2.34. The third-order valence-corrected chi connectivity index (χ3v) is 3.07. The Morgan fingerprint density at radius 2 is 2.06 bits per heavy atom. The van der Waals surface area contributed by atoms with E-state index in [1.165, 1.54) is 11.1 Å². The number of aryl methyl sites for hydroxylation is 2. The Bertz CT molecular complexity index is 361. The van der Waals surface area contributed by atoms with E-state index in [2.05, 4.69) is 32.0 Å². The van der Waals surface area contributed by atoms with Crippen molar-refractivity contribution in [1.82, 2.24) is 0 Å². The molecule has 90 valence electrons. The summed E-state index contributed by atoms with van der Waals surface area (Å²) in [5, 5.41) is 0. The van der Waals surface area contributed by atoms with E-state index in [0.29, 0.717) is 6.61 Å². The minimum Gasteiger partial charge on any atom is -0.491 e. The lowest BCUT2D eigenvalue weighted by atomic mass is 10.1. The number of ether oxygens (including phenoxy) is 1. The molecule has 2 nitrogen and oxygen atoms in total. The predicted octanol–water partition coefficient (Wildman–Crippen LogP) is 2.85. The second-order valence-corrected chi connectivity index (χ2v) is 4.57. The highest BCUT2D eigenvalue weighted by Gasteiger charge is 2.39. The van der Waals surface area contributed by atoms with Gasteiger partial charge in [0.25, 0.3) is 0 Å². The topological polar surface area (TPSA) is 35.2 Å². The molecule has 0 atom stereocenters.